The van der Waals surface area contributed by atoms with E-state index < -0.39 is 0 Å². The zero-order valence-electron chi connectivity index (χ0n) is 18.0. The highest BCUT2D eigenvalue weighted by atomic mass is 16.2. The number of hydrogen-bond donors (Lipinski definition) is 1. The van der Waals surface area contributed by atoms with Crippen LogP contribution in [0.2, 0.25) is 0 Å². The van der Waals surface area contributed by atoms with Gasteiger partial charge >= 0.3 is 0 Å². The fraction of sp³-hybridized carbons (Fsp3) is 0.440. The van der Waals surface area contributed by atoms with Gasteiger partial charge in [-0.25, -0.2) is 4.68 Å². The van der Waals surface area contributed by atoms with E-state index in [2.05, 4.69) is 46.8 Å². The molecule has 0 radical (unpaired) electrons. The van der Waals surface area contributed by atoms with Crippen molar-refractivity contribution >= 4 is 16.8 Å². The molecule has 0 bridgehead atoms. The van der Waals surface area contributed by atoms with E-state index >= 15 is 0 Å². The van der Waals surface area contributed by atoms with E-state index in [1.54, 1.807) is 12.1 Å². The highest BCUT2D eigenvalue weighted by Gasteiger charge is 2.27. The molecule has 4 rings (SSSR count). The maximum Gasteiger partial charge on any atom is 0.277 e. The Morgan fingerprint density at radius 2 is 1.77 bits per heavy atom. The van der Waals surface area contributed by atoms with Gasteiger partial charge in [-0.15, -0.1) is 5.10 Å². The Bertz CT molecular complexity index is 1070. The largest absolute Gasteiger partial charge is 0.353 e. The molecule has 1 N–H and O–H groups in total. The van der Waals surface area contributed by atoms with Crippen molar-refractivity contribution in [2.75, 3.05) is 0 Å². The lowest BCUT2D eigenvalue weighted by Crippen LogP contribution is -2.39. The van der Waals surface area contributed by atoms with Crippen molar-refractivity contribution in [3.05, 3.63) is 70.5 Å². The number of amides is 1. The molecule has 1 aliphatic carbocycles. The first kappa shape index (κ1) is 21.2. The van der Waals surface area contributed by atoms with Crippen molar-refractivity contribution in [1.29, 1.82) is 0 Å². The SMILES string of the molecule is CC(CCc1ccccc1)NC(=O)C1CCC(Cn2nnc3ccccc3c2=O)CC1. The van der Waals surface area contributed by atoms with E-state index in [0.29, 0.717) is 23.4 Å². The molecule has 0 spiro atoms. The number of aryl methyl sites for hydroxylation is 1. The van der Waals surface area contributed by atoms with Crippen molar-refractivity contribution in [2.24, 2.45) is 11.8 Å². The molecule has 3 aromatic rings. The van der Waals surface area contributed by atoms with Crippen LogP contribution in [-0.4, -0.2) is 26.9 Å². The molecular formula is C25H30N4O2. The van der Waals surface area contributed by atoms with Crippen LogP contribution in [0.1, 0.15) is 44.6 Å². The number of nitrogens with zero attached hydrogens (tertiary/aromatic N) is 3. The maximum absolute atomic E-state index is 12.7. The van der Waals surface area contributed by atoms with Crippen molar-refractivity contribution in [1.82, 2.24) is 20.3 Å². The molecule has 31 heavy (non-hydrogen) atoms. The Hall–Kier alpha value is -3.02. The summed E-state index contributed by atoms with van der Waals surface area (Å²) in [7, 11) is 0. The summed E-state index contributed by atoms with van der Waals surface area (Å²) < 4.78 is 1.49. The summed E-state index contributed by atoms with van der Waals surface area (Å²) in [4.78, 5) is 25.4. The number of carbonyl (C=O) groups excluding carboxylic acids is 1. The molecule has 0 aliphatic heterocycles. The third-order valence-electron chi connectivity index (χ3n) is 6.38. The first-order chi connectivity index (χ1) is 15.1. The third-order valence-corrected chi connectivity index (χ3v) is 6.38. The minimum absolute atomic E-state index is 0.0647. The van der Waals surface area contributed by atoms with Gasteiger partial charge in [-0.3, -0.25) is 9.59 Å². The molecule has 162 valence electrons. The topological polar surface area (TPSA) is 76.9 Å². The van der Waals surface area contributed by atoms with Crippen LogP contribution in [-0.2, 0) is 17.8 Å². The average molecular weight is 419 g/mol. The van der Waals surface area contributed by atoms with E-state index in [1.165, 1.54) is 10.2 Å². The Kier molecular flexibility index (Phi) is 6.75. The van der Waals surface area contributed by atoms with Gasteiger partial charge in [0.2, 0.25) is 5.91 Å². The van der Waals surface area contributed by atoms with Crippen molar-refractivity contribution in [2.45, 2.75) is 58.0 Å². The summed E-state index contributed by atoms with van der Waals surface area (Å²) in [5.74, 6) is 0.587. The number of hydrogen-bond acceptors (Lipinski definition) is 4. The number of aromatic nitrogens is 3. The summed E-state index contributed by atoms with van der Waals surface area (Å²) in [6.45, 7) is 2.65. The van der Waals surface area contributed by atoms with Gasteiger partial charge in [-0.05, 0) is 69.1 Å². The van der Waals surface area contributed by atoms with Crippen LogP contribution >= 0.6 is 0 Å². The van der Waals surface area contributed by atoms with Crippen LogP contribution < -0.4 is 10.9 Å². The molecule has 1 heterocycles. The summed E-state index contributed by atoms with van der Waals surface area (Å²) in [6.07, 6.45) is 5.48. The minimum atomic E-state index is -0.0855. The molecule has 1 fully saturated rings. The van der Waals surface area contributed by atoms with Crippen LogP contribution in [0.3, 0.4) is 0 Å². The number of nitrogens with one attached hydrogen (secondary N) is 1. The van der Waals surface area contributed by atoms with Gasteiger partial charge in [-0.1, -0.05) is 47.7 Å². The second-order valence-electron chi connectivity index (χ2n) is 8.75. The van der Waals surface area contributed by atoms with E-state index in [-0.39, 0.29) is 23.4 Å². The summed E-state index contributed by atoms with van der Waals surface area (Å²) in [6, 6.07) is 17.8. The van der Waals surface area contributed by atoms with E-state index in [1.807, 2.05) is 18.2 Å². The zero-order chi connectivity index (χ0) is 21.6. The number of rotatable bonds is 7. The maximum atomic E-state index is 12.7. The first-order valence-electron chi connectivity index (χ1n) is 11.3. The molecule has 0 saturated heterocycles. The lowest BCUT2D eigenvalue weighted by Gasteiger charge is -2.28. The van der Waals surface area contributed by atoms with Crippen LogP contribution in [0.15, 0.2) is 59.4 Å². The molecule has 1 saturated carbocycles. The average Bonchev–Trinajstić information content (AvgIpc) is 2.81. The monoisotopic (exact) mass is 418 g/mol. The third kappa shape index (κ3) is 5.37. The van der Waals surface area contributed by atoms with Gasteiger partial charge < -0.3 is 5.32 Å². The van der Waals surface area contributed by atoms with Gasteiger partial charge in [0.15, 0.2) is 0 Å². The molecule has 1 unspecified atom stereocenters. The lowest BCUT2D eigenvalue weighted by molar-refractivity contribution is -0.126. The van der Waals surface area contributed by atoms with Crippen molar-refractivity contribution in [3.63, 3.8) is 0 Å². The lowest BCUT2D eigenvalue weighted by atomic mass is 9.81. The Labute approximate surface area is 182 Å². The summed E-state index contributed by atoms with van der Waals surface area (Å²) in [5.41, 5.74) is 1.85. The molecule has 1 amide bonds. The fourth-order valence-corrected chi connectivity index (χ4v) is 4.46. The van der Waals surface area contributed by atoms with Crippen molar-refractivity contribution < 1.29 is 4.79 Å². The quantitative estimate of drug-likeness (QED) is 0.634. The predicted octanol–water partition coefficient (Wildman–Crippen LogP) is 3.74. The molecule has 2 aromatic carbocycles. The molecule has 1 aliphatic rings. The van der Waals surface area contributed by atoms with E-state index in [0.717, 1.165) is 38.5 Å². The Morgan fingerprint density at radius 3 is 2.55 bits per heavy atom. The van der Waals surface area contributed by atoms with Gasteiger partial charge in [-0.2, -0.15) is 0 Å². The predicted molar refractivity (Wildman–Crippen MR) is 122 cm³/mol. The van der Waals surface area contributed by atoms with Crippen LogP contribution in [0.4, 0.5) is 0 Å². The highest BCUT2D eigenvalue weighted by molar-refractivity contribution is 5.79. The van der Waals surface area contributed by atoms with Crippen molar-refractivity contribution in [3.8, 4) is 0 Å². The van der Waals surface area contributed by atoms with E-state index in [9.17, 15) is 9.59 Å². The Balaban J connectivity index is 1.25. The second kappa shape index (κ2) is 9.86. The first-order valence-corrected chi connectivity index (χ1v) is 11.3. The second-order valence-corrected chi connectivity index (χ2v) is 8.75. The van der Waals surface area contributed by atoms with Gasteiger partial charge in [0.1, 0.15) is 5.52 Å². The number of fused-ring (bicyclic) bond motifs is 1. The fourth-order valence-electron chi connectivity index (χ4n) is 4.46. The number of carbonyl (C=O) groups is 1. The van der Waals surface area contributed by atoms with Gasteiger partial charge in [0.25, 0.3) is 5.56 Å². The van der Waals surface area contributed by atoms with Crippen LogP contribution in [0.25, 0.3) is 10.9 Å². The van der Waals surface area contributed by atoms with Crippen LogP contribution in [0, 0.1) is 11.8 Å². The number of benzene rings is 2. The van der Waals surface area contributed by atoms with E-state index in [4.69, 9.17) is 0 Å². The standard InChI is InChI=1S/C25H30N4O2/c1-18(11-12-19-7-3-2-4-8-19)26-24(30)21-15-13-20(14-16-21)17-29-25(31)22-9-5-6-10-23(22)27-28-29/h2-10,18,20-21H,11-17H2,1H3,(H,26,30). The minimum Gasteiger partial charge on any atom is -0.353 e. The summed E-state index contributed by atoms with van der Waals surface area (Å²) >= 11 is 0. The molecule has 6 heteroatoms. The molecule has 1 aromatic heterocycles. The normalized spacial score (nSPS) is 19.8. The smallest absolute Gasteiger partial charge is 0.277 e. The molecule has 1 atom stereocenters. The van der Waals surface area contributed by atoms with Gasteiger partial charge in [0.05, 0.1) is 5.39 Å². The highest BCUT2D eigenvalue weighted by Crippen LogP contribution is 2.30. The van der Waals surface area contributed by atoms with Crippen LogP contribution in [0.5, 0.6) is 0 Å². The zero-order valence-corrected chi connectivity index (χ0v) is 18.0. The van der Waals surface area contributed by atoms with Gasteiger partial charge in [0, 0.05) is 18.5 Å². The summed E-state index contributed by atoms with van der Waals surface area (Å²) in [5, 5.41) is 12.1. The molecular weight excluding hydrogens is 388 g/mol. The molecule has 6 nitrogen and oxygen atoms in total. The Morgan fingerprint density at radius 1 is 1.06 bits per heavy atom.